The van der Waals surface area contributed by atoms with E-state index in [9.17, 15) is 18.0 Å². The fourth-order valence-electron chi connectivity index (χ4n) is 0.949. The van der Waals surface area contributed by atoms with Crippen molar-refractivity contribution in [2.75, 3.05) is 19.3 Å². The molecular formula is C8H15NO5S. The lowest BCUT2D eigenvalue weighted by Gasteiger charge is -2.21. The van der Waals surface area contributed by atoms with Gasteiger partial charge in [-0.15, -0.1) is 0 Å². The number of carbonyl (C=O) groups excluding carboxylic acids is 1. The molecule has 0 bridgehead atoms. The maximum atomic E-state index is 11.5. The third kappa shape index (κ3) is 4.28. The molecule has 0 spiro atoms. The molecule has 0 saturated carbocycles. The van der Waals surface area contributed by atoms with Crippen molar-refractivity contribution in [3.8, 4) is 0 Å². The highest BCUT2D eigenvalue weighted by molar-refractivity contribution is 7.92. The van der Waals surface area contributed by atoms with Gasteiger partial charge in [-0.2, -0.15) is 0 Å². The van der Waals surface area contributed by atoms with E-state index in [0.717, 1.165) is 11.2 Å². The van der Waals surface area contributed by atoms with Gasteiger partial charge >= 0.3 is 5.97 Å². The van der Waals surface area contributed by atoms with Gasteiger partial charge in [-0.3, -0.25) is 9.59 Å². The van der Waals surface area contributed by atoms with Crippen LogP contribution in [0.25, 0.3) is 0 Å². The van der Waals surface area contributed by atoms with E-state index in [-0.39, 0.29) is 6.54 Å². The van der Waals surface area contributed by atoms with Crippen LogP contribution in [0.4, 0.5) is 0 Å². The van der Waals surface area contributed by atoms with Gasteiger partial charge in [0.1, 0.15) is 11.8 Å². The van der Waals surface area contributed by atoms with E-state index in [0.29, 0.717) is 0 Å². The van der Waals surface area contributed by atoms with Crippen molar-refractivity contribution in [1.29, 1.82) is 0 Å². The molecule has 0 aromatic heterocycles. The predicted molar refractivity (Wildman–Crippen MR) is 54.2 cm³/mol. The first kappa shape index (κ1) is 13.9. The van der Waals surface area contributed by atoms with Crippen molar-refractivity contribution in [2.45, 2.75) is 19.1 Å². The summed E-state index contributed by atoms with van der Waals surface area (Å²) in [6.45, 7) is 2.54. The van der Waals surface area contributed by atoms with E-state index in [4.69, 9.17) is 5.11 Å². The molecule has 0 aliphatic carbocycles. The zero-order valence-electron chi connectivity index (χ0n) is 8.93. The Hall–Kier alpha value is -1.11. The molecule has 0 heterocycles. The Morgan fingerprint density at radius 3 is 2.13 bits per heavy atom. The van der Waals surface area contributed by atoms with Gasteiger partial charge < -0.3 is 10.0 Å². The molecule has 1 N–H and O–H groups in total. The molecule has 0 rings (SSSR count). The Kier molecular flexibility index (Phi) is 4.73. The molecule has 0 aromatic carbocycles. The highest BCUT2D eigenvalue weighted by Gasteiger charge is 2.28. The number of aliphatic carboxylic acids is 1. The number of carbonyl (C=O) groups is 2. The number of hydrogen-bond donors (Lipinski definition) is 1. The molecule has 1 amide bonds. The van der Waals surface area contributed by atoms with Crippen LogP contribution >= 0.6 is 0 Å². The Balaban J connectivity index is 4.74. The molecule has 0 aromatic rings. The summed E-state index contributed by atoms with van der Waals surface area (Å²) < 4.78 is 22.2. The summed E-state index contributed by atoms with van der Waals surface area (Å²) in [4.78, 5) is 22.9. The molecule has 88 valence electrons. The van der Waals surface area contributed by atoms with Crippen LogP contribution < -0.4 is 0 Å². The second-order valence-corrected chi connectivity index (χ2v) is 5.58. The third-order valence-electron chi connectivity index (χ3n) is 2.01. The molecular weight excluding hydrogens is 222 g/mol. The van der Waals surface area contributed by atoms with E-state index in [2.05, 4.69) is 0 Å². The lowest BCUT2D eigenvalue weighted by Crippen LogP contribution is -2.43. The largest absolute Gasteiger partial charge is 0.480 e. The van der Waals surface area contributed by atoms with Gasteiger partial charge in [0.25, 0.3) is 0 Å². The Morgan fingerprint density at radius 1 is 1.40 bits per heavy atom. The number of likely N-dealkylation sites (N-methyl/N-ethyl adjacent to an activating group) is 1. The molecule has 0 aliphatic rings. The first-order valence-corrected chi connectivity index (χ1v) is 6.35. The van der Waals surface area contributed by atoms with Crippen molar-refractivity contribution >= 4 is 21.7 Å². The molecule has 6 nitrogen and oxygen atoms in total. The van der Waals surface area contributed by atoms with Gasteiger partial charge in [-0.25, -0.2) is 8.42 Å². The maximum Gasteiger partial charge on any atom is 0.323 e. The van der Waals surface area contributed by atoms with E-state index >= 15 is 0 Å². The Morgan fingerprint density at radius 2 is 1.87 bits per heavy atom. The summed E-state index contributed by atoms with van der Waals surface area (Å²) in [6, 6.07) is 0. The smallest absolute Gasteiger partial charge is 0.323 e. The van der Waals surface area contributed by atoms with Gasteiger partial charge in [-0.1, -0.05) is 0 Å². The second-order valence-electron chi connectivity index (χ2n) is 3.22. The molecule has 0 saturated heterocycles. The van der Waals surface area contributed by atoms with Gasteiger partial charge in [0.15, 0.2) is 9.84 Å². The minimum atomic E-state index is -3.48. The summed E-state index contributed by atoms with van der Waals surface area (Å²) in [7, 11) is -3.48. The van der Waals surface area contributed by atoms with Crippen LogP contribution in [0.2, 0.25) is 0 Å². The molecule has 0 radical (unpaired) electrons. The van der Waals surface area contributed by atoms with Gasteiger partial charge in [0.05, 0.1) is 0 Å². The SMILES string of the molecule is CCN(CC(=O)O)C(=O)C(C)S(C)(=O)=O. The quantitative estimate of drug-likeness (QED) is 0.686. The van der Waals surface area contributed by atoms with E-state index in [1.807, 2.05) is 0 Å². The van der Waals surface area contributed by atoms with Gasteiger partial charge in [0.2, 0.25) is 5.91 Å². The molecule has 1 unspecified atom stereocenters. The molecule has 15 heavy (non-hydrogen) atoms. The topological polar surface area (TPSA) is 91.8 Å². The molecule has 7 heteroatoms. The lowest BCUT2D eigenvalue weighted by atomic mass is 10.3. The zero-order valence-corrected chi connectivity index (χ0v) is 9.74. The standard InChI is InChI=1S/C8H15NO5S/c1-4-9(5-7(10)11)8(12)6(2)15(3,13)14/h6H,4-5H2,1-3H3,(H,10,11). The molecule has 1 atom stereocenters. The fourth-order valence-corrected chi connectivity index (χ4v) is 1.46. The Bertz CT molecular complexity index is 348. The number of rotatable bonds is 5. The fraction of sp³-hybridized carbons (Fsp3) is 0.750. The third-order valence-corrected chi connectivity index (χ3v) is 3.50. The van der Waals surface area contributed by atoms with Crippen molar-refractivity contribution in [2.24, 2.45) is 0 Å². The van der Waals surface area contributed by atoms with Crippen LogP contribution in [0.15, 0.2) is 0 Å². The monoisotopic (exact) mass is 237 g/mol. The van der Waals surface area contributed by atoms with Crippen molar-refractivity contribution < 1.29 is 23.1 Å². The minimum Gasteiger partial charge on any atom is -0.480 e. The van der Waals surface area contributed by atoms with Crippen molar-refractivity contribution in [3.63, 3.8) is 0 Å². The number of amides is 1. The summed E-state index contributed by atoms with van der Waals surface area (Å²) in [5, 5.41) is 7.31. The summed E-state index contributed by atoms with van der Waals surface area (Å²) in [5.41, 5.74) is 0. The van der Waals surface area contributed by atoms with Crippen LogP contribution in [0, 0.1) is 0 Å². The highest BCUT2D eigenvalue weighted by atomic mass is 32.2. The van der Waals surface area contributed by atoms with Gasteiger partial charge in [-0.05, 0) is 13.8 Å². The number of hydrogen-bond acceptors (Lipinski definition) is 4. The van der Waals surface area contributed by atoms with Crippen LogP contribution in [0.3, 0.4) is 0 Å². The van der Waals surface area contributed by atoms with Gasteiger partial charge in [0, 0.05) is 12.8 Å². The second kappa shape index (κ2) is 5.11. The summed E-state index contributed by atoms with van der Waals surface area (Å²) in [6.07, 6.45) is 0.949. The number of sulfone groups is 1. The van der Waals surface area contributed by atoms with Crippen LogP contribution in [0.5, 0.6) is 0 Å². The summed E-state index contributed by atoms with van der Waals surface area (Å²) in [5.74, 6) is -1.84. The summed E-state index contributed by atoms with van der Waals surface area (Å²) >= 11 is 0. The zero-order chi connectivity index (χ0) is 12.2. The lowest BCUT2D eigenvalue weighted by molar-refractivity contribution is -0.144. The predicted octanol–water partition coefficient (Wildman–Crippen LogP) is -0.647. The van der Waals surface area contributed by atoms with Crippen molar-refractivity contribution in [1.82, 2.24) is 4.90 Å². The average Bonchev–Trinajstić information content (AvgIpc) is 2.10. The van der Waals surface area contributed by atoms with Crippen LogP contribution in [-0.4, -0.2) is 54.9 Å². The number of carboxylic acid groups (broad SMARTS) is 1. The van der Waals surface area contributed by atoms with E-state index < -0.39 is 33.5 Å². The molecule has 0 fully saturated rings. The van der Waals surface area contributed by atoms with Crippen LogP contribution in [0.1, 0.15) is 13.8 Å². The van der Waals surface area contributed by atoms with Crippen molar-refractivity contribution in [3.05, 3.63) is 0 Å². The first-order chi connectivity index (χ1) is 6.70. The van der Waals surface area contributed by atoms with E-state index in [1.54, 1.807) is 6.92 Å². The number of carboxylic acids is 1. The van der Waals surface area contributed by atoms with E-state index in [1.165, 1.54) is 6.92 Å². The average molecular weight is 237 g/mol. The minimum absolute atomic E-state index is 0.172. The van der Waals surface area contributed by atoms with Crippen LogP contribution in [-0.2, 0) is 19.4 Å². The normalized spacial score (nSPS) is 13.3. The Labute approximate surface area is 88.8 Å². The number of nitrogens with zero attached hydrogens (tertiary/aromatic N) is 1. The first-order valence-electron chi connectivity index (χ1n) is 4.39. The maximum absolute atomic E-state index is 11.5. The highest BCUT2D eigenvalue weighted by Crippen LogP contribution is 2.03. The molecule has 0 aliphatic heterocycles.